The molecule has 0 radical (unpaired) electrons. The number of thiocarbonyl (C=S) groups is 2. The zero-order valence-corrected chi connectivity index (χ0v) is 16.3. The van der Waals surface area contributed by atoms with Gasteiger partial charge >= 0.3 is 0 Å². The van der Waals surface area contributed by atoms with Gasteiger partial charge in [0.05, 0.1) is 5.69 Å². The summed E-state index contributed by atoms with van der Waals surface area (Å²) in [5.41, 5.74) is 0.809. The van der Waals surface area contributed by atoms with Crippen LogP contribution in [0.15, 0.2) is 18.3 Å². The lowest BCUT2D eigenvalue weighted by molar-refractivity contribution is 0.697. The number of rotatable bonds is 10. The first-order valence-electron chi connectivity index (χ1n) is 8.72. The minimum atomic E-state index is 0.578. The van der Waals surface area contributed by atoms with Crippen LogP contribution in [0.1, 0.15) is 52.4 Å². The first kappa shape index (κ1) is 20.6. The smallest absolute Gasteiger partial charge is 0.172 e. The summed E-state index contributed by atoms with van der Waals surface area (Å²) in [5, 5.41) is 13.9. The Morgan fingerprint density at radius 3 is 2.08 bits per heavy atom. The van der Waals surface area contributed by atoms with Crippen molar-refractivity contribution in [3.8, 4) is 0 Å². The third-order valence-electron chi connectivity index (χ3n) is 3.42. The molecule has 0 spiro atoms. The Kier molecular flexibility index (Phi) is 11.1. The van der Waals surface area contributed by atoms with E-state index in [0.29, 0.717) is 16.0 Å². The van der Waals surface area contributed by atoms with Gasteiger partial charge in [0.2, 0.25) is 0 Å². The van der Waals surface area contributed by atoms with Crippen LogP contribution in [0.25, 0.3) is 0 Å². The Bertz CT molecular complexity index is 463. The second-order valence-corrected chi connectivity index (χ2v) is 6.39. The topological polar surface area (TPSA) is 61.0 Å². The maximum atomic E-state index is 5.33. The highest BCUT2D eigenvalue weighted by Gasteiger charge is 2.06. The lowest BCUT2D eigenvalue weighted by atomic mass is 10.2. The fourth-order valence-corrected chi connectivity index (χ4v) is 2.49. The van der Waals surface area contributed by atoms with E-state index in [9.17, 15) is 0 Å². The van der Waals surface area contributed by atoms with Crippen molar-refractivity contribution in [3.05, 3.63) is 18.3 Å². The SMILES string of the molecule is CCCCCNC(=S)Nc1cccnc1NC(=S)NCCCCC. The molecule has 1 rings (SSSR count). The zero-order chi connectivity index (χ0) is 17.6. The molecule has 134 valence electrons. The average molecular weight is 368 g/mol. The Morgan fingerprint density at radius 2 is 1.50 bits per heavy atom. The number of pyridine rings is 1. The molecule has 0 aliphatic heterocycles. The van der Waals surface area contributed by atoms with E-state index in [0.717, 1.165) is 31.6 Å². The molecule has 0 saturated heterocycles. The van der Waals surface area contributed by atoms with Gasteiger partial charge in [0.1, 0.15) is 0 Å². The molecule has 0 fully saturated rings. The molecule has 0 amide bonds. The minimum Gasteiger partial charge on any atom is -0.362 e. The van der Waals surface area contributed by atoms with Crippen LogP contribution in [-0.4, -0.2) is 28.3 Å². The summed E-state index contributed by atoms with van der Waals surface area (Å²) >= 11 is 10.7. The Hall–Kier alpha value is -1.47. The number of hydrogen-bond donors (Lipinski definition) is 4. The minimum absolute atomic E-state index is 0.578. The fraction of sp³-hybridized carbons (Fsp3) is 0.588. The maximum absolute atomic E-state index is 5.33. The van der Waals surface area contributed by atoms with E-state index < -0.39 is 0 Å². The summed E-state index contributed by atoms with van der Waals surface area (Å²) in [6.45, 7) is 6.11. The van der Waals surface area contributed by atoms with Crippen LogP contribution in [-0.2, 0) is 0 Å². The molecular formula is C17H29N5S2. The van der Waals surface area contributed by atoms with E-state index in [1.807, 2.05) is 12.1 Å². The quantitative estimate of drug-likeness (QED) is 0.368. The van der Waals surface area contributed by atoms with Gasteiger partial charge < -0.3 is 21.3 Å². The van der Waals surface area contributed by atoms with Gasteiger partial charge in [-0.2, -0.15) is 0 Å². The van der Waals surface area contributed by atoms with Crippen molar-refractivity contribution in [2.75, 3.05) is 23.7 Å². The van der Waals surface area contributed by atoms with Crippen LogP contribution >= 0.6 is 24.4 Å². The number of nitrogens with zero attached hydrogens (tertiary/aromatic N) is 1. The lowest BCUT2D eigenvalue weighted by Gasteiger charge is -2.15. The van der Waals surface area contributed by atoms with Crippen molar-refractivity contribution in [3.63, 3.8) is 0 Å². The van der Waals surface area contributed by atoms with E-state index in [2.05, 4.69) is 40.1 Å². The Morgan fingerprint density at radius 1 is 0.917 bits per heavy atom. The summed E-state index contributed by atoms with van der Waals surface area (Å²) in [7, 11) is 0. The predicted molar refractivity (Wildman–Crippen MR) is 112 cm³/mol. The van der Waals surface area contributed by atoms with E-state index in [1.165, 1.54) is 25.7 Å². The normalized spacial score (nSPS) is 10.1. The molecule has 0 unspecified atom stereocenters. The monoisotopic (exact) mass is 367 g/mol. The molecule has 0 atom stereocenters. The number of anilines is 2. The van der Waals surface area contributed by atoms with E-state index >= 15 is 0 Å². The van der Waals surface area contributed by atoms with Crippen molar-refractivity contribution in [2.24, 2.45) is 0 Å². The van der Waals surface area contributed by atoms with Gasteiger partial charge in [0, 0.05) is 19.3 Å². The molecule has 0 aromatic carbocycles. The van der Waals surface area contributed by atoms with Crippen molar-refractivity contribution in [1.82, 2.24) is 15.6 Å². The highest BCUT2D eigenvalue weighted by molar-refractivity contribution is 7.80. The summed E-state index contributed by atoms with van der Waals surface area (Å²) in [6, 6.07) is 3.79. The predicted octanol–water partition coefficient (Wildman–Crippen LogP) is 4.03. The Labute approximate surface area is 156 Å². The largest absolute Gasteiger partial charge is 0.362 e. The number of unbranched alkanes of at least 4 members (excludes halogenated alkanes) is 4. The zero-order valence-electron chi connectivity index (χ0n) is 14.7. The molecule has 0 bridgehead atoms. The molecule has 1 aromatic heterocycles. The van der Waals surface area contributed by atoms with Gasteiger partial charge in [-0.15, -0.1) is 0 Å². The molecule has 4 N–H and O–H groups in total. The van der Waals surface area contributed by atoms with Crippen molar-refractivity contribution in [1.29, 1.82) is 0 Å². The maximum Gasteiger partial charge on any atom is 0.172 e. The molecule has 1 aromatic rings. The van der Waals surface area contributed by atoms with Crippen molar-refractivity contribution >= 4 is 46.2 Å². The van der Waals surface area contributed by atoms with Crippen LogP contribution in [0, 0.1) is 0 Å². The van der Waals surface area contributed by atoms with Gasteiger partial charge in [0.15, 0.2) is 16.0 Å². The number of hydrogen-bond acceptors (Lipinski definition) is 3. The summed E-state index contributed by atoms with van der Waals surface area (Å²) in [5.74, 6) is 0.670. The number of nitrogens with one attached hydrogen (secondary N) is 4. The molecular weight excluding hydrogens is 338 g/mol. The second-order valence-electron chi connectivity index (χ2n) is 5.58. The van der Waals surface area contributed by atoms with E-state index in [-0.39, 0.29) is 0 Å². The molecule has 7 heteroatoms. The lowest BCUT2D eigenvalue weighted by Crippen LogP contribution is -2.32. The van der Waals surface area contributed by atoms with Crippen LogP contribution in [0.5, 0.6) is 0 Å². The number of aromatic nitrogens is 1. The third-order valence-corrected chi connectivity index (χ3v) is 3.91. The van der Waals surface area contributed by atoms with Crippen molar-refractivity contribution in [2.45, 2.75) is 52.4 Å². The van der Waals surface area contributed by atoms with Gasteiger partial charge in [-0.25, -0.2) is 4.98 Å². The molecule has 0 aliphatic carbocycles. The van der Waals surface area contributed by atoms with E-state index in [1.54, 1.807) is 6.20 Å². The second kappa shape index (κ2) is 12.9. The van der Waals surface area contributed by atoms with Crippen LogP contribution in [0.3, 0.4) is 0 Å². The van der Waals surface area contributed by atoms with Gasteiger partial charge in [0.25, 0.3) is 0 Å². The van der Waals surface area contributed by atoms with Gasteiger partial charge in [-0.1, -0.05) is 39.5 Å². The average Bonchev–Trinajstić information content (AvgIpc) is 2.57. The molecule has 5 nitrogen and oxygen atoms in total. The van der Waals surface area contributed by atoms with Crippen LogP contribution in [0.2, 0.25) is 0 Å². The standard InChI is InChI=1S/C17H29N5S2/c1-3-5-7-11-19-16(23)21-14-10-9-13-18-15(14)22-17(24)20-12-8-6-4-2/h9-10,13H,3-8,11-12H2,1-2H3,(H2,19,21,23)(H2,18,20,22,24). The summed E-state index contributed by atoms with van der Waals surface area (Å²) in [6.07, 6.45) is 8.74. The van der Waals surface area contributed by atoms with Crippen LogP contribution < -0.4 is 21.3 Å². The first-order chi connectivity index (χ1) is 11.7. The molecule has 1 heterocycles. The third kappa shape index (κ3) is 8.98. The fourth-order valence-electron chi connectivity index (χ4n) is 2.08. The molecule has 0 saturated carbocycles. The highest BCUT2D eigenvalue weighted by Crippen LogP contribution is 2.17. The Balaban J connectivity index is 2.46. The first-order valence-corrected chi connectivity index (χ1v) is 9.53. The van der Waals surface area contributed by atoms with Crippen LogP contribution in [0.4, 0.5) is 11.5 Å². The van der Waals surface area contributed by atoms with E-state index in [4.69, 9.17) is 24.4 Å². The highest BCUT2D eigenvalue weighted by atomic mass is 32.1. The summed E-state index contributed by atoms with van der Waals surface area (Å²) < 4.78 is 0. The van der Waals surface area contributed by atoms with Gasteiger partial charge in [-0.3, -0.25) is 0 Å². The molecule has 24 heavy (non-hydrogen) atoms. The van der Waals surface area contributed by atoms with Crippen molar-refractivity contribution < 1.29 is 0 Å². The van der Waals surface area contributed by atoms with Gasteiger partial charge in [-0.05, 0) is 49.4 Å². The molecule has 0 aliphatic rings. The summed E-state index contributed by atoms with van der Waals surface area (Å²) in [4.78, 5) is 4.34.